The molecule has 0 fully saturated rings. The monoisotopic (exact) mass is 176 g/mol. The van der Waals surface area contributed by atoms with E-state index in [1.54, 1.807) is 0 Å². The zero-order chi connectivity index (χ0) is 7.98. The quantitative estimate of drug-likeness (QED) is 0.669. The molecule has 0 heterocycles. The van der Waals surface area contributed by atoms with E-state index < -0.39 is 0 Å². The normalized spacial score (nSPS) is 14.0. The number of hydrogen-bond donors (Lipinski definition) is 2. The molecule has 0 aromatic heterocycles. The van der Waals surface area contributed by atoms with E-state index in [0.717, 1.165) is 24.9 Å². The van der Waals surface area contributed by atoms with Gasteiger partial charge in [0.1, 0.15) is 0 Å². The molecule has 0 saturated carbocycles. The van der Waals surface area contributed by atoms with Crippen LogP contribution < -0.4 is 10.6 Å². The Labute approximate surface area is 79.1 Å². The highest BCUT2D eigenvalue weighted by molar-refractivity contribution is 4.64. The number of rotatable bonds is 5. The molecule has 0 aromatic carbocycles. The van der Waals surface area contributed by atoms with Crippen molar-refractivity contribution in [2.45, 2.75) is 28.7 Å². The van der Waals surface area contributed by atoms with Crippen LogP contribution in [0.3, 0.4) is 0 Å². The van der Waals surface area contributed by atoms with E-state index in [4.69, 9.17) is 0 Å². The fourth-order valence-corrected chi connectivity index (χ4v) is 1.05. The van der Waals surface area contributed by atoms with Crippen molar-refractivity contribution in [3.8, 4) is 0 Å². The summed E-state index contributed by atoms with van der Waals surface area (Å²) in [6.07, 6.45) is 0. The minimum Gasteiger partial charge on any atom is -0.319 e. The Morgan fingerprint density at radius 2 is 1.08 bits per heavy atom. The van der Waals surface area contributed by atoms with Gasteiger partial charge >= 0.3 is 0 Å². The minimum absolute atomic E-state index is 0. The second kappa shape index (κ2) is 10.9. The molecule has 2 unspecified atom stereocenters. The summed E-state index contributed by atoms with van der Waals surface area (Å²) in [6, 6.07) is 0. The van der Waals surface area contributed by atoms with Crippen LogP contribution in [0.4, 0.5) is 0 Å². The van der Waals surface area contributed by atoms with Gasteiger partial charge in [-0.1, -0.05) is 28.7 Å². The van der Waals surface area contributed by atoms with Gasteiger partial charge in [-0.25, -0.2) is 0 Å². The van der Waals surface area contributed by atoms with Gasteiger partial charge in [-0.05, 0) is 39.0 Å². The summed E-state index contributed by atoms with van der Waals surface area (Å²) in [4.78, 5) is 0. The SMILES string of the molecule is C.C.CNCC(C)C(C)CNC. The summed E-state index contributed by atoms with van der Waals surface area (Å²) in [5, 5.41) is 6.36. The summed E-state index contributed by atoms with van der Waals surface area (Å²) >= 11 is 0. The predicted molar refractivity (Wildman–Crippen MR) is 59.6 cm³/mol. The minimum atomic E-state index is 0. The van der Waals surface area contributed by atoms with Gasteiger partial charge in [0.2, 0.25) is 0 Å². The predicted octanol–water partition coefficient (Wildman–Crippen LogP) is 1.97. The summed E-state index contributed by atoms with van der Waals surface area (Å²) in [5.74, 6) is 1.52. The lowest BCUT2D eigenvalue weighted by atomic mass is 9.96. The largest absolute Gasteiger partial charge is 0.319 e. The number of hydrogen-bond acceptors (Lipinski definition) is 2. The van der Waals surface area contributed by atoms with E-state index in [0.29, 0.717) is 0 Å². The maximum Gasteiger partial charge on any atom is -0.00231 e. The van der Waals surface area contributed by atoms with Crippen molar-refractivity contribution in [2.24, 2.45) is 11.8 Å². The Bertz CT molecular complexity index is 64.2. The first-order valence-electron chi connectivity index (χ1n) is 4.01. The topological polar surface area (TPSA) is 24.1 Å². The first-order chi connectivity index (χ1) is 4.72. The molecule has 78 valence electrons. The van der Waals surface area contributed by atoms with E-state index in [2.05, 4.69) is 24.5 Å². The van der Waals surface area contributed by atoms with Crippen molar-refractivity contribution in [3.05, 3.63) is 0 Å². The lowest BCUT2D eigenvalue weighted by Gasteiger charge is -2.18. The van der Waals surface area contributed by atoms with Crippen LogP contribution in [0.25, 0.3) is 0 Å². The average molecular weight is 176 g/mol. The zero-order valence-electron chi connectivity index (χ0n) is 7.57. The maximum absolute atomic E-state index is 3.18. The Hall–Kier alpha value is -0.0800. The second-order valence-electron chi connectivity index (χ2n) is 3.07. The number of nitrogens with one attached hydrogen (secondary N) is 2. The molecule has 0 aliphatic rings. The summed E-state index contributed by atoms with van der Waals surface area (Å²) in [5.41, 5.74) is 0. The molecule has 0 amide bonds. The molecule has 0 bridgehead atoms. The van der Waals surface area contributed by atoms with Crippen LogP contribution in [-0.4, -0.2) is 27.2 Å². The molecule has 0 radical (unpaired) electrons. The average Bonchev–Trinajstić information content (AvgIpc) is 1.89. The molecule has 0 aliphatic carbocycles. The molecule has 2 N–H and O–H groups in total. The van der Waals surface area contributed by atoms with Crippen molar-refractivity contribution >= 4 is 0 Å². The van der Waals surface area contributed by atoms with Gasteiger partial charge in [-0.3, -0.25) is 0 Å². The van der Waals surface area contributed by atoms with Crippen molar-refractivity contribution in [1.82, 2.24) is 10.6 Å². The van der Waals surface area contributed by atoms with E-state index in [-0.39, 0.29) is 14.9 Å². The fraction of sp³-hybridized carbons (Fsp3) is 1.00. The standard InChI is InChI=1S/C8H20N2.2CH4/c1-7(5-9-3)8(2)6-10-4;;/h7-10H,5-6H2,1-4H3;2*1H4. The van der Waals surface area contributed by atoms with Gasteiger partial charge in [0.25, 0.3) is 0 Å². The highest BCUT2D eigenvalue weighted by Crippen LogP contribution is 2.07. The molecule has 0 spiro atoms. The Kier molecular flexibility index (Phi) is 16.3. The lowest BCUT2D eigenvalue weighted by Crippen LogP contribution is -2.28. The second-order valence-corrected chi connectivity index (χ2v) is 3.07. The molecule has 0 aliphatic heterocycles. The van der Waals surface area contributed by atoms with Crippen LogP contribution in [0.15, 0.2) is 0 Å². The van der Waals surface area contributed by atoms with Crippen LogP contribution in [0.2, 0.25) is 0 Å². The van der Waals surface area contributed by atoms with E-state index in [1.165, 1.54) is 0 Å². The van der Waals surface area contributed by atoms with Crippen LogP contribution in [0.5, 0.6) is 0 Å². The summed E-state index contributed by atoms with van der Waals surface area (Å²) in [7, 11) is 4.01. The maximum atomic E-state index is 3.18. The van der Waals surface area contributed by atoms with Gasteiger partial charge < -0.3 is 10.6 Å². The van der Waals surface area contributed by atoms with Crippen LogP contribution >= 0.6 is 0 Å². The summed E-state index contributed by atoms with van der Waals surface area (Å²) < 4.78 is 0. The Morgan fingerprint density at radius 1 is 0.833 bits per heavy atom. The first kappa shape index (κ1) is 17.9. The molecule has 0 aromatic rings. The molecule has 2 nitrogen and oxygen atoms in total. The molecular formula is C10H28N2. The third-order valence-corrected chi connectivity index (χ3v) is 2.02. The smallest absolute Gasteiger partial charge is 0.00231 e. The fourth-order valence-electron chi connectivity index (χ4n) is 1.05. The molecule has 0 rings (SSSR count). The van der Waals surface area contributed by atoms with Gasteiger partial charge in [-0.15, -0.1) is 0 Å². The van der Waals surface area contributed by atoms with Crippen LogP contribution in [0.1, 0.15) is 28.7 Å². The van der Waals surface area contributed by atoms with Gasteiger partial charge in [-0.2, -0.15) is 0 Å². The van der Waals surface area contributed by atoms with Crippen molar-refractivity contribution in [3.63, 3.8) is 0 Å². The third kappa shape index (κ3) is 8.02. The summed E-state index contributed by atoms with van der Waals surface area (Å²) in [6.45, 7) is 6.78. The highest BCUT2D eigenvalue weighted by Gasteiger charge is 2.08. The third-order valence-electron chi connectivity index (χ3n) is 2.02. The van der Waals surface area contributed by atoms with E-state index in [9.17, 15) is 0 Å². The zero-order valence-corrected chi connectivity index (χ0v) is 7.57. The van der Waals surface area contributed by atoms with Crippen LogP contribution in [0, 0.1) is 11.8 Å². The highest BCUT2D eigenvalue weighted by atomic mass is 14.8. The molecule has 2 heteroatoms. The van der Waals surface area contributed by atoms with Crippen molar-refractivity contribution in [2.75, 3.05) is 27.2 Å². The van der Waals surface area contributed by atoms with E-state index in [1.807, 2.05) is 14.1 Å². The van der Waals surface area contributed by atoms with E-state index >= 15 is 0 Å². The lowest BCUT2D eigenvalue weighted by molar-refractivity contribution is 0.367. The van der Waals surface area contributed by atoms with Gasteiger partial charge in [0.05, 0.1) is 0 Å². The molecule has 0 saturated heterocycles. The molecule has 2 atom stereocenters. The van der Waals surface area contributed by atoms with Crippen LogP contribution in [-0.2, 0) is 0 Å². The van der Waals surface area contributed by atoms with Gasteiger partial charge in [0, 0.05) is 0 Å². The van der Waals surface area contributed by atoms with Crippen molar-refractivity contribution < 1.29 is 0 Å². The van der Waals surface area contributed by atoms with Gasteiger partial charge in [0.15, 0.2) is 0 Å². The Balaban J connectivity index is -0.000000405. The van der Waals surface area contributed by atoms with Crippen molar-refractivity contribution in [1.29, 1.82) is 0 Å². The Morgan fingerprint density at radius 3 is 1.25 bits per heavy atom. The molecular weight excluding hydrogens is 148 g/mol. The molecule has 12 heavy (non-hydrogen) atoms. The first-order valence-corrected chi connectivity index (χ1v) is 4.01.